The van der Waals surface area contributed by atoms with Crippen LogP contribution < -0.4 is 0 Å². The van der Waals surface area contributed by atoms with Gasteiger partial charge in [-0.3, -0.25) is 0 Å². The molecular weight excluding hydrogens is 686 g/mol. The number of hydrogen-bond acceptors (Lipinski definition) is 12. The molecule has 1 aliphatic heterocycles. The zero-order chi connectivity index (χ0) is 38.0. The maximum atomic E-state index is 14.3. The predicted molar refractivity (Wildman–Crippen MR) is 186 cm³/mol. The van der Waals surface area contributed by atoms with Crippen LogP contribution in [-0.2, 0) is 33.2 Å². The van der Waals surface area contributed by atoms with Gasteiger partial charge in [-0.15, -0.1) is 0 Å². The van der Waals surface area contributed by atoms with Gasteiger partial charge in [0.1, 0.15) is 18.3 Å². The van der Waals surface area contributed by atoms with Gasteiger partial charge in [0, 0.05) is 4.91 Å². The van der Waals surface area contributed by atoms with Crippen molar-refractivity contribution in [2.75, 3.05) is 6.61 Å². The Labute approximate surface area is 304 Å². The number of carbonyl (C=O) groups excluding carboxylic acids is 5. The average molecular weight is 722 g/mol. The molecule has 0 amide bonds. The summed E-state index contributed by atoms with van der Waals surface area (Å²) in [6.45, 7) is 3.83. The highest BCUT2D eigenvalue weighted by Gasteiger charge is 2.65. The van der Waals surface area contributed by atoms with Crippen LogP contribution in [0.25, 0.3) is 10.4 Å². The van der Waals surface area contributed by atoms with Gasteiger partial charge in [-0.25, -0.2) is 24.0 Å². The van der Waals surface area contributed by atoms with Crippen LogP contribution in [0.1, 0.15) is 62.2 Å². The van der Waals surface area contributed by atoms with Crippen molar-refractivity contribution in [1.82, 2.24) is 0 Å². The lowest BCUT2D eigenvalue weighted by Gasteiger charge is -2.48. The summed E-state index contributed by atoms with van der Waals surface area (Å²) in [7, 11) is 0. The Morgan fingerprint density at radius 3 is 1.45 bits per heavy atom. The first kappa shape index (κ1) is 37.7. The van der Waals surface area contributed by atoms with Gasteiger partial charge >= 0.3 is 29.8 Å². The van der Waals surface area contributed by atoms with Crippen molar-refractivity contribution < 1.29 is 52.4 Å². The fraction of sp³-hybridized carbons (Fsp3) is 0.256. The molecule has 14 heteroatoms. The SMILES string of the molecule is CC(C)(C)OC(=O)[C@@]1(N=[N+]=[N-])O[C@H](COC(=O)c2ccccc2)[C@@H](OC(=O)c2ccccc2)[C@H](OC(=O)c2ccccc2)[C@H]1OC(=O)c1ccccc1. The summed E-state index contributed by atoms with van der Waals surface area (Å²) in [5, 5.41) is 3.70. The summed E-state index contributed by atoms with van der Waals surface area (Å²) < 4.78 is 35.2. The number of ether oxygens (including phenoxy) is 6. The summed E-state index contributed by atoms with van der Waals surface area (Å²) in [4.78, 5) is 71.4. The molecule has 53 heavy (non-hydrogen) atoms. The number of nitrogens with zero attached hydrogens (tertiary/aromatic N) is 3. The number of hydrogen-bond donors (Lipinski definition) is 0. The first-order chi connectivity index (χ1) is 25.4. The lowest BCUT2D eigenvalue weighted by molar-refractivity contribution is -0.274. The smallest absolute Gasteiger partial charge is 0.349 e. The van der Waals surface area contributed by atoms with Crippen LogP contribution >= 0.6 is 0 Å². The van der Waals surface area contributed by atoms with E-state index in [1.165, 1.54) is 69.3 Å². The van der Waals surface area contributed by atoms with E-state index in [0.717, 1.165) is 0 Å². The van der Waals surface area contributed by atoms with Crippen LogP contribution in [0.15, 0.2) is 126 Å². The van der Waals surface area contributed by atoms with Gasteiger partial charge < -0.3 is 28.4 Å². The van der Waals surface area contributed by atoms with Gasteiger partial charge in [0.25, 0.3) is 5.72 Å². The van der Waals surface area contributed by atoms with Crippen LogP contribution in [0.5, 0.6) is 0 Å². The molecule has 14 nitrogen and oxygen atoms in total. The van der Waals surface area contributed by atoms with E-state index in [0.29, 0.717) is 0 Å². The molecule has 5 atom stereocenters. The Hall–Kier alpha value is -6.50. The molecule has 0 bridgehead atoms. The number of carbonyl (C=O) groups is 5. The zero-order valence-electron chi connectivity index (χ0n) is 28.9. The van der Waals surface area contributed by atoms with Crippen molar-refractivity contribution in [3.05, 3.63) is 154 Å². The van der Waals surface area contributed by atoms with E-state index in [9.17, 15) is 29.5 Å². The predicted octanol–water partition coefficient (Wildman–Crippen LogP) is 6.27. The monoisotopic (exact) mass is 721 g/mol. The number of benzene rings is 4. The van der Waals surface area contributed by atoms with E-state index in [4.69, 9.17) is 28.4 Å². The minimum atomic E-state index is -2.94. The van der Waals surface area contributed by atoms with E-state index in [1.807, 2.05) is 0 Å². The normalized spacial score (nSPS) is 20.8. The van der Waals surface area contributed by atoms with Gasteiger partial charge in [-0.1, -0.05) is 72.8 Å². The topological polar surface area (TPSA) is 189 Å². The molecule has 0 aromatic heterocycles. The highest BCUT2D eigenvalue weighted by molar-refractivity contribution is 5.92. The molecule has 0 unspecified atom stereocenters. The Morgan fingerprint density at radius 1 is 0.642 bits per heavy atom. The van der Waals surface area contributed by atoms with E-state index < -0.39 is 72.2 Å². The lowest BCUT2D eigenvalue weighted by Crippen LogP contribution is -2.70. The molecule has 1 heterocycles. The largest absolute Gasteiger partial charge is 0.459 e. The molecule has 4 aromatic rings. The maximum absolute atomic E-state index is 14.3. The second-order valence-electron chi connectivity index (χ2n) is 12.7. The molecule has 1 aliphatic rings. The molecule has 5 rings (SSSR count). The Kier molecular flexibility index (Phi) is 11.9. The van der Waals surface area contributed by atoms with Crippen LogP contribution in [0.4, 0.5) is 0 Å². The zero-order valence-corrected chi connectivity index (χ0v) is 28.9. The van der Waals surface area contributed by atoms with Gasteiger partial charge in [-0.2, -0.15) is 0 Å². The lowest BCUT2D eigenvalue weighted by atomic mass is 9.89. The molecular formula is C39H35N3O11. The number of esters is 5. The van der Waals surface area contributed by atoms with Crippen LogP contribution in [0.3, 0.4) is 0 Å². The van der Waals surface area contributed by atoms with Crippen molar-refractivity contribution in [3.8, 4) is 0 Å². The first-order valence-corrected chi connectivity index (χ1v) is 16.4. The molecule has 4 aromatic carbocycles. The van der Waals surface area contributed by atoms with Crippen molar-refractivity contribution >= 4 is 29.8 Å². The summed E-state index contributed by atoms with van der Waals surface area (Å²) in [6.07, 6.45) is -7.57. The van der Waals surface area contributed by atoms with Crippen molar-refractivity contribution in [3.63, 3.8) is 0 Å². The summed E-state index contributed by atoms with van der Waals surface area (Å²) in [6, 6.07) is 30.9. The molecule has 1 fully saturated rings. The maximum Gasteiger partial charge on any atom is 0.349 e. The van der Waals surface area contributed by atoms with Gasteiger partial charge in [0.05, 0.1) is 22.3 Å². The second-order valence-corrected chi connectivity index (χ2v) is 12.7. The minimum absolute atomic E-state index is 0.00333. The summed E-state index contributed by atoms with van der Waals surface area (Å²) >= 11 is 0. The second kappa shape index (κ2) is 16.7. The molecule has 272 valence electrons. The third-order valence-corrected chi connectivity index (χ3v) is 7.73. The highest BCUT2D eigenvalue weighted by Crippen LogP contribution is 2.40. The third kappa shape index (κ3) is 9.25. The molecule has 0 aliphatic carbocycles. The molecule has 0 N–H and O–H groups in total. The Bertz CT molecular complexity index is 1970. The highest BCUT2D eigenvalue weighted by atomic mass is 16.7. The van der Waals surface area contributed by atoms with Crippen molar-refractivity contribution in [2.45, 2.75) is 56.5 Å². The quantitative estimate of drug-likeness (QED) is 0.0558. The first-order valence-electron chi connectivity index (χ1n) is 16.4. The van der Waals surface area contributed by atoms with Crippen molar-refractivity contribution in [2.24, 2.45) is 5.11 Å². The van der Waals surface area contributed by atoms with E-state index in [1.54, 1.807) is 72.8 Å². The van der Waals surface area contributed by atoms with Gasteiger partial charge in [0.15, 0.2) is 18.3 Å². The third-order valence-electron chi connectivity index (χ3n) is 7.73. The van der Waals surface area contributed by atoms with Crippen LogP contribution in [0, 0.1) is 0 Å². The van der Waals surface area contributed by atoms with Gasteiger partial charge in [0.2, 0.25) is 0 Å². The average Bonchev–Trinajstić information content (AvgIpc) is 3.16. The molecule has 0 spiro atoms. The molecule has 1 saturated heterocycles. The summed E-state index contributed by atoms with van der Waals surface area (Å²) in [5.74, 6) is -5.17. The number of azide groups is 1. The van der Waals surface area contributed by atoms with Gasteiger partial charge in [-0.05, 0) is 79.9 Å². The van der Waals surface area contributed by atoms with Crippen molar-refractivity contribution in [1.29, 1.82) is 0 Å². The Balaban J connectivity index is 1.69. The van der Waals surface area contributed by atoms with E-state index >= 15 is 0 Å². The van der Waals surface area contributed by atoms with Crippen LogP contribution in [0.2, 0.25) is 0 Å². The molecule has 0 radical (unpaired) electrons. The molecule has 0 saturated carbocycles. The summed E-state index contributed by atoms with van der Waals surface area (Å²) in [5.41, 5.74) is 5.99. The number of rotatable bonds is 11. The fourth-order valence-corrected chi connectivity index (χ4v) is 5.33. The Morgan fingerprint density at radius 2 is 1.04 bits per heavy atom. The van der Waals surface area contributed by atoms with E-state index in [2.05, 4.69) is 10.0 Å². The van der Waals surface area contributed by atoms with Crippen LogP contribution in [-0.4, -0.2) is 72.2 Å². The van der Waals surface area contributed by atoms with E-state index in [-0.39, 0.29) is 22.3 Å². The standard InChI is InChI=1S/C39H35N3O11/c1-38(2,3)53-37(47)39(41-42-40)32(51-36(46)28-22-14-7-15-23-28)31(50-35(45)27-20-12-6-13-21-27)30(49-34(44)26-18-10-5-11-19-26)29(52-39)24-48-33(43)25-16-8-4-9-17-25/h4-23,29-32H,24H2,1-3H3/t29-,30-,31+,32-,39+/m1/s1. The fourth-order valence-electron chi connectivity index (χ4n) is 5.33. The minimum Gasteiger partial charge on any atom is -0.459 e.